The van der Waals surface area contributed by atoms with E-state index in [0.717, 1.165) is 25.1 Å². The summed E-state index contributed by atoms with van der Waals surface area (Å²) >= 11 is 0. The Hall–Kier alpha value is -1.75. The Kier molecular flexibility index (Phi) is 2.63. The summed E-state index contributed by atoms with van der Waals surface area (Å²) < 4.78 is 5.48. The van der Waals surface area contributed by atoms with Crippen LogP contribution in [0.1, 0.15) is 12.0 Å². The first-order valence-electron chi connectivity index (χ1n) is 6.14. The van der Waals surface area contributed by atoms with Gasteiger partial charge in [-0.3, -0.25) is 4.90 Å². The fraction of sp³-hybridized carbons (Fsp3) is 0.462. The zero-order valence-electron chi connectivity index (χ0n) is 10.1. The molecule has 2 heterocycles. The van der Waals surface area contributed by atoms with Crippen molar-refractivity contribution >= 4 is 6.09 Å². The van der Waals surface area contributed by atoms with Gasteiger partial charge in [-0.15, -0.1) is 0 Å². The van der Waals surface area contributed by atoms with Gasteiger partial charge in [-0.25, -0.2) is 4.79 Å². The van der Waals surface area contributed by atoms with E-state index in [2.05, 4.69) is 5.32 Å². The number of aromatic hydroxyl groups is 1. The average molecular weight is 248 g/mol. The first-order valence-corrected chi connectivity index (χ1v) is 6.14. The van der Waals surface area contributed by atoms with E-state index in [1.54, 1.807) is 17.0 Å². The van der Waals surface area contributed by atoms with E-state index in [1.165, 1.54) is 0 Å². The molecule has 2 fully saturated rings. The lowest BCUT2D eigenvalue weighted by Crippen LogP contribution is -2.36. The van der Waals surface area contributed by atoms with Crippen LogP contribution in [0.5, 0.6) is 5.75 Å². The van der Waals surface area contributed by atoms with Crippen molar-refractivity contribution in [3.8, 4) is 5.75 Å². The molecule has 0 aromatic heterocycles. The predicted molar refractivity (Wildman–Crippen MR) is 65.2 cm³/mol. The van der Waals surface area contributed by atoms with Crippen molar-refractivity contribution in [2.45, 2.75) is 18.6 Å². The van der Waals surface area contributed by atoms with Crippen molar-refractivity contribution < 1.29 is 14.6 Å². The number of phenols is 1. The van der Waals surface area contributed by atoms with Crippen LogP contribution in [-0.2, 0) is 11.3 Å². The maximum atomic E-state index is 11.8. The van der Waals surface area contributed by atoms with E-state index in [0.29, 0.717) is 13.1 Å². The van der Waals surface area contributed by atoms with Crippen LogP contribution in [0.25, 0.3) is 0 Å². The third kappa shape index (κ3) is 1.90. The number of phenolic OH excluding ortho intramolecular Hbond substituents is 1. The fourth-order valence-corrected chi connectivity index (χ4v) is 2.61. The Bertz CT molecular complexity index is 469. The van der Waals surface area contributed by atoms with Crippen molar-refractivity contribution in [1.82, 2.24) is 10.2 Å². The molecule has 1 aromatic rings. The Morgan fingerprint density at radius 1 is 1.44 bits per heavy atom. The van der Waals surface area contributed by atoms with Crippen molar-refractivity contribution in [1.29, 1.82) is 0 Å². The molecular formula is C13H16N2O3. The van der Waals surface area contributed by atoms with Gasteiger partial charge >= 0.3 is 6.09 Å². The topological polar surface area (TPSA) is 61.8 Å². The number of nitrogens with one attached hydrogen (secondary N) is 1. The maximum Gasteiger partial charge on any atom is 0.410 e. The van der Waals surface area contributed by atoms with Crippen LogP contribution in [0, 0.1) is 0 Å². The van der Waals surface area contributed by atoms with Crippen molar-refractivity contribution in [2.24, 2.45) is 0 Å². The zero-order valence-corrected chi connectivity index (χ0v) is 10.1. The standard InChI is InChI=1S/C13H16N2O3/c16-11-4-2-1-3-10(11)7-15-9-13(18-12(15)17)5-6-14-8-13/h1-4,14,16H,5-9H2. The highest BCUT2D eigenvalue weighted by molar-refractivity contribution is 5.71. The fourth-order valence-electron chi connectivity index (χ4n) is 2.61. The van der Waals surface area contributed by atoms with Gasteiger partial charge in [0, 0.05) is 18.5 Å². The van der Waals surface area contributed by atoms with Crippen molar-refractivity contribution in [3.05, 3.63) is 29.8 Å². The molecular weight excluding hydrogens is 232 g/mol. The molecule has 96 valence electrons. The quantitative estimate of drug-likeness (QED) is 0.822. The smallest absolute Gasteiger partial charge is 0.410 e. The third-order valence-corrected chi connectivity index (χ3v) is 3.60. The number of nitrogens with zero attached hydrogens (tertiary/aromatic N) is 1. The number of ether oxygens (including phenoxy) is 1. The lowest BCUT2D eigenvalue weighted by Gasteiger charge is -2.19. The molecule has 2 aliphatic heterocycles. The molecule has 0 bridgehead atoms. The second-order valence-corrected chi connectivity index (χ2v) is 4.96. The molecule has 18 heavy (non-hydrogen) atoms. The minimum atomic E-state index is -0.360. The molecule has 0 aliphatic carbocycles. The largest absolute Gasteiger partial charge is 0.508 e. The van der Waals surface area contributed by atoms with E-state index < -0.39 is 0 Å². The number of carbonyl (C=O) groups excluding carboxylic acids is 1. The third-order valence-electron chi connectivity index (χ3n) is 3.60. The summed E-state index contributed by atoms with van der Waals surface area (Å²) in [5.74, 6) is 0.218. The summed E-state index contributed by atoms with van der Waals surface area (Å²) in [7, 11) is 0. The van der Waals surface area contributed by atoms with Gasteiger partial charge in [0.1, 0.15) is 11.4 Å². The monoisotopic (exact) mass is 248 g/mol. The van der Waals surface area contributed by atoms with Crippen molar-refractivity contribution in [2.75, 3.05) is 19.6 Å². The summed E-state index contributed by atoms with van der Waals surface area (Å²) in [6.45, 7) is 2.59. The first kappa shape index (κ1) is 11.3. The Morgan fingerprint density at radius 3 is 3.00 bits per heavy atom. The molecule has 0 saturated carbocycles. The second kappa shape index (κ2) is 4.17. The molecule has 0 radical (unpaired) electrons. The average Bonchev–Trinajstić information content (AvgIpc) is 2.91. The molecule has 2 saturated heterocycles. The van der Waals surface area contributed by atoms with Gasteiger partial charge in [-0.1, -0.05) is 18.2 Å². The highest BCUT2D eigenvalue weighted by atomic mass is 16.6. The number of hydrogen-bond donors (Lipinski definition) is 2. The molecule has 5 heteroatoms. The van der Waals surface area contributed by atoms with E-state index in [1.807, 2.05) is 12.1 Å². The highest BCUT2D eigenvalue weighted by Crippen LogP contribution is 2.30. The number of carbonyl (C=O) groups is 1. The Labute approximate surface area is 105 Å². The summed E-state index contributed by atoms with van der Waals surface area (Å²) in [6.07, 6.45) is 0.567. The van der Waals surface area contributed by atoms with Crippen LogP contribution >= 0.6 is 0 Å². The lowest BCUT2D eigenvalue weighted by molar-refractivity contribution is 0.0727. The first-order chi connectivity index (χ1) is 8.69. The SMILES string of the molecule is O=C1OC2(CCNC2)CN1Cc1ccccc1O. The second-order valence-electron chi connectivity index (χ2n) is 4.96. The zero-order chi connectivity index (χ0) is 12.6. The minimum absolute atomic E-state index is 0.218. The van der Waals surface area contributed by atoms with Gasteiger partial charge in [0.05, 0.1) is 13.1 Å². The summed E-state index contributed by atoms with van der Waals surface area (Å²) in [4.78, 5) is 13.5. The van der Waals surface area contributed by atoms with Crippen LogP contribution in [-0.4, -0.2) is 41.3 Å². The van der Waals surface area contributed by atoms with E-state index in [-0.39, 0.29) is 17.4 Å². The number of rotatable bonds is 2. The van der Waals surface area contributed by atoms with Gasteiger partial charge in [0.25, 0.3) is 0 Å². The number of para-hydroxylation sites is 1. The molecule has 2 N–H and O–H groups in total. The number of hydrogen-bond acceptors (Lipinski definition) is 4. The van der Waals surface area contributed by atoms with E-state index in [4.69, 9.17) is 4.74 Å². The lowest BCUT2D eigenvalue weighted by atomic mass is 10.0. The van der Waals surface area contributed by atoms with E-state index in [9.17, 15) is 9.90 Å². The van der Waals surface area contributed by atoms with Crippen LogP contribution in [0.4, 0.5) is 4.79 Å². The Morgan fingerprint density at radius 2 is 2.28 bits per heavy atom. The number of amides is 1. The predicted octanol–water partition coefficient (Wildman–Crippen LogP) is 1.08. The molecule has 1 amide bonds. The van der Waals surface area contributed by atoms with Crippen LogP contribution in [0.2, 0.25) is 0 Å². The van der Waals surface area contributed by atoms with E-state index >= 15 is 0 Å². The van der Waals surface area contributed by atoms with Crippen LogP contribution < -0.4 is 5.32 Å². The molecule has 5 nitrogen and oxygen atoms in total. The molecule has 1 aromatic carbocycles. The molecule has 1 atom stereocenters. The minimum Gasteiger partial charge on any atom is -0.508 e. The summed E-state index contributed by atoms with van der Waals surface area (Å²) in [5.41, 5.74) is 0.388. The normalized spacial score (nSPS) is 26.9. The molecule has 2 aliphatic rings. The van der Waals surface area contributed by atoms with Gasteiger partial charge < -0.3 is 15.2 Å². The van der Waals surface area contributed by atoms with Gasteiger partial charge in [-0.2, -0.15) is 0 Å². The molecule has 1 spiro atoms. The highest BCUT2D eigenvalue weighted by Gasteiger charge is 2.46. The maximum absolute atomic E-state index is 11.8. The van der Waals surface area contributed by atoms with Gasteiger partial charge in [0.2, 0.25) is 0 Å². The Balaban J connectivity index is 1.74. The van der Waals surface area contributed by atoms with Crippen molar-refractivity contribution in [3.63, 3.8) is 0 Å². The summed E-state index contributed by atoms with van der Waals surface area (Å²) in [5, 5.41) is 12.9. The van der Waals surface area contributed by atoms with Gasteiger partial charge in [-0.05, 0) is 12.6 Å². The van der Waals surface area contributed by atoms with Gasteiger partial charge in [0.15, 0.2) is 0 Å². The molecule has 1 unspecified atom stereocenters. The van der Waals surface area contributed by atoms with Crippen LogP contribution in [0.3, 0.4) is 0 Å². The number of benzene rings is 1. The summed E-state index contributed by atoms with van der Waals surface area (Å²) in [6, 6.07) is 7.07. The molecule has 3 rings (SSSR count). The van der Waals surface area contributed by atoms with Crippen LogP contribution in [0.15, 0.2) is 24.3 Å².